The number of carboxylic acid groups (broad SMARTS) is 1. The maximum absolute atomic E-state index is 13.2. The number of aromatic nitrogens is 4. The van der Waals surface area contributed by atoms with E-state index >= 15 is 0 Å². The molecule has 4 aliphatic heterocycles. The third-order valence-electron chi connectivity index (χ3n) is 20.5. The van der Waals surface area contributed by atoms with Crippen LogP contribution >= 0.6 is 28.3 Å². The summed E-state index contributed by atoms with van der Waals surface area (Å²) in [5.74, 6) is 1.92. The van der Waals surface area contributed by atoms with Crippen molar-refractivity contribution in [1.29, 1.82) is 0 Å². The van der Waals surface area contributed by atoms with Crippen molar-refractivity contribution in [2.45, 2.75) is 78.9 Å². The molecule has 0 bridgehead atoms. The molecule has 6 N–H and O–H groups in total. The number of benzene rings is 10. The summed E-state index contributed by atoms with van der Waals surface area (Å²) in [6.07, 6.45) is 6.54. The Hall–Kier alpha value is -13.8. The molecular formula is C100H99BBrClN10O15. The lowest BCUT2D eigenvalue weighted by Gasteiger charge is -2.26. The summed E-state index contributed by atoms with van der Waals surface area (Å²) < 4.78 is 35.1. The molecule has 4 aromatic heterocycles. The Labute approximate surface area is 757 Å². The Kier molecular flexibility index (Phi) is 31.6. The number of para-hydroxylation sites is 4. The molecule has 28 heteroatoms. The van der Waals surface area contributed by atoms with Gasteiger partial charge in [0.15, 0.2) is 0 Å². The number of halogens is 2. The molecule has 0 saturated heterocycles. The molecule has 0 saturated carbocycles. The van der Waals surface area contributed by atoms with Gasteiger partial charge in [0.1, 0.15) is 60.6 Å². The van der Waals surface area contributed by atoms with Crippen LogP contribution in [0.3, 0.4) is 0 Å². The van der Waals surface area contributed by atoms with Gasteiger partial charge in [0, 0.05) is 140 Å². The normalized spacial score (nSPS) is 13.1. The van der Waals surface area contributed by atoms with Crippen LogP contribution in [0.25, 0.3) is 77.0 Å². The zero-order valence-corrected chi connectivity index (χ0v) is 74.5. The molecule has 0 spiro atoms. The van der Waals surface area contributed by atoms with Crippen LogP contribution in [0.4, 0.5) is 9.59 Å². The predicted molar refractivity (Wildman–Crippen MR) is 503 cm³/mol. The van der Waals surface area contributed by atoms with Gasteiger partial charge >= 0.3 is 25.3 Å². The smallest absolute Gasteiger partial charge is 0.490 e. The minimum Gasteiger partial charge on any atom is -0.492 e. The summed E-state index contributed by atoms with van der Waals surface area (Å²) >= 11 is 3.43. The molecule has 8 heterocycles. The molecule has 10 aromatic carbocycles. The molecule has 656 valence electrons. The van der Waals surface area contributed by atoms with Gasteiger partial charge in [-0.15, -0.1) is 12.4 Å². The lowest BCUT2D eigenvalue weighted by molar-refractivity contribution is 0.0216. The summed E-state index contributed by atoms with van der Waals surface area (Å²) in [6, 6.07) is 76.8. The van der Waals surface area contributed by atoms with E-state index in [9.17, 15) is 28.8 Å². The van der Waals surface area contributed by atoms with Crippen LogP contribution in [0.1, 0.15) is 105 Å². The number of ether oxygens (including phenoxy) is 6. The SMILES string of the molecule is CC(C)(C)OC(=O)N1CCOc2ccc(-c3cnc4ccccc4c3)cc2C1.CC(C)(C)OC(=O)N1CCOc2ccc(Br)cc2C1.CNC(=O)c1ccc(C(=O)N2CCOc3ccc(-c4cnc5ccccc5c4)cc3C2)cc1.CNC(=O)c1ccc(C(=O)O)cc1.Cl.OB(O)c1cnc2ccccc2c1.c1ccc2ncc(-c3ccc4c(c3)CNCCO4)cc2c1. The number of hydrogen-bond donors (Lipinski definition) is 6. The highest BCUT2D eigenvalue weighted by atomic mass is 79.9. The largest absolute Gasteiger partial charge is 0.492 e. The topological polar surface area (TPSA) is 316 Å². The van der Waals surface area contributed by atoms with Crippen LogP contribution in [0, 0.1) is 0 Å². The molecule has 0 fully saturated rings. The van der Waals surface area contributed by atoms with Gasteiger partial charge < -0.3 is 74.2 Å². The monoisotopic (exact) mass is 1800 g/mol. The Balaban J connectivity index is 0.000000143. The Morgan fingerprint density at radius 3 is 1.16 bits per heavy atom. The van der Waals surface area contributed by atoms with E-state index in [0.717, 1.165) is 130 Å². The Bertz CT molecular complexity index is 6300. The third-order valence-corrected chi connectivity index (χ3v) is 21.0. The molecule has 25 nitrogen and oxygen atoms in total. The molecule has 4 aliphatic rings. The van der Waals surface area contributed by atoms with Crippen molar-refractivity contribution in [3.63, 3.8) is 0 Å². The number of rotatable bonds is 8. The number of aromatic carboxylic acids is 1. The van der Waals surface area contributed by atoms with Gasteiger partial charge in [-0.25, -0.2) is 14.4 Å². The van der Waals surface area contributed by atoms with Crippen LogP contribution in [-0.4, -0.2) is 171 Å². The van der Waals surface area contributed by atoms with Gasteiger partial charge in [-0.05, 0) is 209 Å². The van der Waals surface area contributed by atoms with Crippen molar-refractivity contribution in [3.8, 4) is 56.4 Å². The maximum atomic E-state index is 13.2. The molecular weight excluding hydrogens is 1710 g/mol. The average molecular weight is 1810 g/mol. The van der Waals surface area contributed by atoms with Crippen LogP contribution in [0.2, 0.25) is 0 Å². The fourth-order valence-corrected chi connectivity index (χ4v) is 14.5. The van der Waals surface area contributed by atoms with Crippen LogP contribution in [0.15, 0.2) is 272 Å². The molecule has 0 aliphatic carbocycles. The molecule has 18 rings (SSSR count). The van der Waals surface area contributed by atoms with Gasteiger partial charge in [0.05, 0.1) is 60.4 Å². The fraction of sp³-hybridized carbons (Fsp3) is 0.220. The summed E-state index contributed by atoms with van der Waals surface area (Å²) in [7, 11) is 1.66. The van der Waals surface area contributed by atoms with Gasteiger partial charge in [-0.1, -0.05) is 113 Å². The number of hydrogen-bond acceptors (Lipinski definition) is 19. The van der Waals surface area contributed by atoms with E-state index in [1.807, 2.05) is 188 Å². The Morgan fingerprint density at radius 1 is 0.406 bits per heavy atom. The van der Waals surface area contributed by atoms with Crippen LogP contribution in [0.5, 0.6) is 23.0 Å². The fourth-order valence-electron chi connectivity index (χ4n) is 14.1. The van der Waals surface area contributed by atoms with Crippen LogP contribution < -0.4 is 40.4 Å². The van der Waals surface area contributed by atoms with Crippen molar-refractivity contribution in [2.75, 3.05) is 66.7 Å². The molecule has 0 atom stereocenters. The lowest BCUT2D eigenvalue weighted by atomic mass is 9.81. The minimum atomic E-state index is -1.45. The number of amides is 5. The standard InChI is InChI=1S/C27H23N3O3.C23H24N2O3.C18H16N2O.C14H18BrNO3.C9H8BNO2.C9H9NO3.ClH/c1-28-26(31)18-6-8-19(9-7-18)27(32)30-12-13-33-25-11-10-20(14-23(25)17-30)22-15-21-4-2-3-5-24(21)29-16-22;1-23(2,3)28-22(26)25-10-11-27-21-9-8-16(12-19(21)15-25)18-13-17-6-4-5-7-20(17)24-14-18;1-2-4-17-14(3-1)10-15(12-20-17)13-5-6-18-16(9-13)11-19-7-8-21-18;1-14(2,3)19-13(17)16-6-7-18-12-5-4-11(15)8-10(12)9-16;12-10(13)8-5-7-3-1-2-4-9(7)11-6-8;1-10-8(11)6-2-4-7(5-3-6)9(12)13;/h2-11,14-16H,12-13,17H2,1H3,(H,28,31);4-9,12-14H,10-11,15H2,1-3H3;1-6,9-10,12,19H,7-8,11H2;4-5,8H,6-7,9H2,1-3H3;1-6,12-13H;2-5H,1H3,(H,10,11)(H,12,13);1H. The van der Waals surface area contributed by atoms with Gasteiger partial charge in [0.25, 0.3) is 17.7 Å². The van der Waals surface area contributed by atoms with E-state index in [2.05, 4.69) is 112 Å². The molecule has 128 heavy (non-hydrogen) atoms. The van der Waals surface area contributed by atoms with Gasteiger partial charge in [0.2, 0.25) is 0 Å². The highest BCUT2D eigenvalue weighted by Gasteiger charge is 2.29. The van der Waals surface area contributed by atoms with E-state index in [0.29, 0.717) is 81.2 Å². The third kappa shape index (κ3) is 25.3. The highest BCUT2D eigenvalue weighted by molar-refractivity contribution is 9.10. The number of nitrogens with zero attached hydrogens (tertiary/aromatic N) is 7. The van der Waals surface area contributed by atoms with Crippen molar-refractivity contribution in [2.24, 2.45) is 0 Å². The first-order chi connectivity index (χ1) is 61.2. The first kappa shape index (κ1) is 93.3. The first-order valence-corrected chi connectivity index (χ1v) is 42.3. The second-order valence-electron chi connectivity index (χ2n) is 32.0. The van der Waals surface area contributed by atoms with E-state index in [-0.39, 0.29) is 47.9 Å². The highest BCUT2D eigenvalue weighted by Crippen LogP contribution is 2.36. The number of fused-ring (bicyclic) bond motifs is 8. The first-order valence-electron chi connectivity index (χ1n) is 41.5. The van der Waals surface area contributed by atoms with E-state index < -0.39 is 24.3 Å². The molecule has 5 amide bonds. The quantitative estimate of drug-likeness (QED) is 0.0770. The second kappa shape index (κ2) is 43.4. The lowest BCUT2D eigenvalue weighted by Crippen LogP contribution is -2.37. The number of carboxylic acids is 1. The Morgan fingerprint density at radius 2 is 0.750 bits per heavy atom. The van der Waals surface area contributed by atoms with Crippen molar-refractivity contribution >= 4 is 120 Å². The zero-order valence-electron chi connectivity index (χ0n) is 72.1. The predicted octanol–water partition coefficient (Wildman–Crippen LogP) is 17.4. The molecule has 14 aromatic rings. The van der Waals surface area contributed by atoms with E-state index in [1.165, 1.54) is 54.0 Å². The maximum Gasteiger partial charge on any atom is 0.490 e. The van der Waals surface area contributed by atoms with Crippen molar-refractivity contribution in [1.82, 2.24) is 50.6 Å². The number of pyridine rings is 4. The summed E-state index contributed by atoms with van der Waals surface area (Å²) in [5.41, 5.74) is 15.5. The number of carbonyl (C=O) groups is 6. The van der Waals surface area contributed by atoms with E-state index in [4.69, 9.17) is 43.6 Å². The summed E-state index contributed by atoms with van der Waals surface area (Å²) in [4.78, 5) is 93.9. The summed E-state index contributed by atoms with van der Waals surface area (Å²) in [6.45, 7) is 17.9. The minimum absolute atomic E-state index is 0. The second-order valence-corrected chi connectivity index (χ2v) is 32.9. The van der Waals surface area contributed by atoms with Crippen LogP contribution in [-0.2, 0) is 35.7 Å². The van der Waals surface area contributed by atoms with Gasteiger partial charge in [-0.2, -0.15) is 0 Å². The zero-order chi connectivity index (χ0) is 89.7. The average Bonchev–Trinajstić information content (AvgIpc) is 1.09. The number of nitrogens with one attached hydrogen (secondary N) is 3. The van der Waals surface area contributed by atoms with Crippen molar-refractivity contribution in [3.05, 3.63) is 316 Å². The van der Waals surface area contributed by atoms with E-state index in [1.54, 1.807) is 52.1 Å². The molecule has 0 radical (unpaired) electrons. The molecule has 0 unspecified atom stereocenters. The van der Waals surface area contributed by atoms with Crippen molar-refractivity contribution < 1.29 is 72.3 Å². The summed E-state index contributed by atoms with van der Waals surface area (Å²) in [5, 5.41) is 39.0. The van der Waals surface area contributed by atoms with Gasteiger partial charge in [-0.3, -0.25) is 34.3 Å². The number of carbonyl (C=O) groups excluding carboxylic acids is 5.